The Kier molecular flexibility index (Phi) is 7.23. The van der Waals surface area contributed by atoms with Gasteiger partial charge < -0.3 is 14.5 Å². The average Bonchev–Trinajstić information content (AvgIpc) is 3.59. The minimum absolute atomic E-state index is 0.566. The molecule has 6 nitrogen and oxygen atoms in total. The third kappa shape index (κ3) is 5.32. The van der Waals surface area contributed by atoms with Crippen LogP contribution >= 0.6 is 35.0 Å². The molecule has 9 heteroatoms. The van der Waals surface area contributed by atoms with Gasteiger partial charge in [-0.05, 0) is 48.6 Å². The van der Waals surface area contributed by atoms with Crippen molar-refractivity contribution < 1.29 is 0 Å². The zero-order valence-electron chi connectivity index (χ0n) is 18.5. The summed E-state index contributed by atoms with van der Waals surface area (Å²) in [7, 11) is 0. The fraction of sp³-hybridized carbons (Fsp3) is 0.240. The van der Waals surface area contributed by atoms with Gasteiger partial charge in [0, 0.05) is 42.0 Å². The first-order valence-corrected chi connectivity index (χ1v) is 12.9. The maximum atomic E-state index is 6.19. The van der Waals surface area contributed by atoms with Gasteiger partial charge in [-0.15, -0.1) is 10.2 Å². The first-order chi connectivity index (χ1) is 16.7. The molecule has 2 N–H and O–H groups in total. The van der Waals surface area contributed by atoms with Crippen molar-refractivity contribution in [1.82, 2.24) is 29.7 Å². The molecule has 3 heterocycles. The second-order valence-corrected chi connectivity index (χ2v) is 9.87. The molecule has 0 radical (unpaired) electrons. The molecule has 0 amide bonds. The Bertz CT molecular complexity index is 1380. The Morgan fingerprint density at radius 3 is 2.71 bits per heavy atom. The van der Waals surface area contributed by atoms with Gasteiger partial charge in [-0.2, -0.15) is 0 Å². The number of para-hydroxylation sites is 1. The van der Waals surface area contributed by atoms with Gasteiger partial charge in [0.05, 0.1) is 22.1 Å². The van der Waals surface area contributed by atoms with E-state index in [0.29, 0.717) is 10.0 Å². The minimum Gasteiger partial charge on any atom is -0.361 e. The molecule has 0 saturated heterocycles. The van der Waals surface area contributed by atoms with Crippen molar-refractivity contribution >= 4 is 45.9 Å². The zero-order chi connectivity index (χ0) is 23.3. The summed E-state index contributed by atoms with van der Waals surface area (Å²) in [4.78, 5) is 10.7. The predicted molar refractivity (Wildman–Crippen MR) is 139 cm³/mol. The van der Waals surface area contributed by atoms with Gasteiger partial charge in [0.15, 0.2) is 5.16 Å². The van der Waals surface area contributed by atoms with Gasteiger partial charge in [-0.3, -0.25) is 0 Å². The Hall–Kier alpha value is -2.74. The van der Waals surface area contributed by atoms with E-state index in [1.54, 1.807) is 18.1 Å². The van der Waals surface area contributed by atoms with E-state index >= 15 is 0 Å². The van der Waals surface area contributed by atoms with Crippen LogP contribution in [-0.4, -0.2) is 29.7 Å². The monoisotopic (exact) mass is 510 g/mol. The largest absolute Gasteiger partial charge is 0.361 e. The van der Waals surface area contributed by atoms with Crippen LogP contribution in [0.15, 0.2) is 66.3 Å². The number of H-pyrrole nitrogens is 2. The Labute approximate surface area is 212 Å². The van der Waals surface area contributed by atoms with E-state index in [-0.39, 0.29) is 0 Å². The Morgan fingerprint density at radius 2 is 1.85 bits per heavy atom. The van der Waals surface area contributed by atoms with Gasteiger partial charge in [0.25, 0.3) is 0 Å². The van der Waals surface area contributed by atoms with Crippen LogP contribution in [0.3, 0.4) is 0 Å². The van der Waals surface area contributed by atoms with Gasteiger partial charge in [0.1, 0.15) is 5.82 Å². The van der Waals surface area contributed by atoms with Crippen molar-refractivity contribution in [2.45, 2.75) is 43.1 Å². The lowest BCUT2D eigenvalue weighted by Gasteiger charge is -2.10. The number of imidazole rings is 1. The van der Waals surface area contributed by atoms with Crippen LogP contribution in [0.1, 0.15) is 29.1 Å². The quantitative estimate of drug-likeness (QED) is 0.210. The summed E-state index contributed by atoms with van der Waals surface area (Å²) in [6.07, 6.45) is 9.36. The molecule has 34 heavy (non-hydrogen) atoms. The summed E-state index contributed by atoms with van der Waals surface area (Å²) in [6.45, 7) is 0.840. The number of thioether (sulfide) groups is 1. The SMILES string of the molecule is Clc1ccc(CSc2nnc(CCc3c[nH]c4ccccc34)n2CCCc2c[nH]cn2)cc1Cl. The number of fused-ring (bicyclic) bond motifs is 1. The summed E-state index contributed by atoms with van der Waals surface area (Å²) < 4.78 is 2.25. The molecule has 2 aromatic carbocycles. The standard InChI is InChI=1S/C25H24Cl2N6S/c26-21-9-7-17(12-22(21)27)15-34-25-32-31-24(33(25)11-3-4-19-14-28-16-30-19)10-8-18-13-29-23-6-2-1-5-20(18)23/h1-2,5-7,9,12-14,16,29H,3-4,8,10-11,15H2,(H,28,30). The number of benzene rings is 2. The van der Waals surface area contributed by atoms with Crippen LogP contribution in [0.2, 0.25) is 10.0 Å². The number of hydrogen-bond donors (Lipinski definition) is 2. The maximum Gasteiger partial charge on any atom is 0.191 e. The minimum atomic E-state index is 0.566. The summed E-state index contributed by atoms with van der Waals surface area (Å²) in [5.41, 5.74) is 4.63. The highest BCUT2D eigenvalue weighted by Gasteiger charge is 2.14. The summed E-state index contributed by atoms with van der Waals surface area (Å²) in [5.74, 6) is 1.75. The molecule has 174 valence electrons. The fourth-order valence-electron chi connectivity index (χ4n) is 4.04. The number of aryl methyl sites for hydroxylation is 3. The third-order valence-corrected chi connectivity index (χ3v) is 7.58. The van der Waals surface area contributed by atoms with Gasteiger partial charge in [-0.1, -0.05) is 59.2 Å². The molecule has 5 aromatic rings. The topological polar surface area (TPSA) is 75.2 Å². The predicted octanol–water partition coefficient (Wildman–Crippen LogP) is 6.50. The van der Waals surface area contributed by atoms with E-state index in [2.05, 4.69) is 60.2 Å². The third-order valence-electron chi connectivity index (χ3n) is 5.81. The smallest absolute Gasteiger partial charge is 0.191 e. The second kappa shape index (κ2) is 10.7. The van der Waals surface area contributed by atoms with E-state index in [1.807, 2.05) is 24.4 Å². The van der Waals surface area contributed by atoms with Gasteiger partial charge in [-0.25, -0.2) is 4.98 Å². The Morgan fingerprint density at radius 1 is 0.941 bits per heavy atom. The van der Waals surface area contributed by atoms with Crippen LogP contribution in [-0.2, 0) is 31.6 Å². The molecule has 0 bridgehead atoms. The van der Waals surface area contributed by atoms with Crippen LogP contribution in [0.25, 0.3) is 10.9 Å². The van der Waals surface area contributed by atoms with Crippen LogP contribution < -0.4 is 0 Å². The summed E-state index contributed by atoms with van der Waals surface area (Å²) in [5, 5.41) is 12.4. The highest BCUT2D eigenvalue weighted by atomic mass is 35.5. The van der Waals surface area contributed by atoms with Crippen molar-refractivity contribution in [2.75, 3.05) is 0 Å². The lowest BCUT2D eigenvalue weighted by atomic mass is 10.1. The van der Waals surface area contributed by atoms with E-state index in [9.17, 15) is 0 Å². The molecule has 3 aromatic heterocycles. The molecule has 5 rings (SSSR count). The van der Waals surface area contributed by atoms with Crippen molar-refractivity contribution in [3.63, 3.8) is 0 Å². The number of hydrogen-bond acceptors (Lipinski definition) is 4. The van der Waals surface area contributed by atoms with Crippen LogP contribution in [0, 0.1) is 0 Å². The van der Waals surface area contributed by atoms with Gasteiger partial charge >= 0.3 is 0 Å². The molecular weight excluding hydrogens is 487 g/mol. The molecule has 0 aliphatic heterocycles. The van der Waals surface area contributed by atoms with Crippen molar-refractivity contribution in [2.24, 2.45) is 0 Å². The van der Waals surface area contributed by atoms with Crippen molar-refractivity contribution in [1.29, 1.82) is 0 Å². The molecule has 0 unspecified atom stereocenters. The maximum absolute atomic E-state index is 6.19. The molecule has 0 aliphatic carbocycles. The highest BCUT2D eigenvalue weighted by molar-refractivity contribution is 7.98. The number of rotatable bonds is 10. The molecule has 0 aliphatic rings. The normalized spacial score (nSPS) is 11.5. The summed E-state index contributed by atoms with van der Waals surface area (Å²) >= 11 is 13.9. The first kappa shape index (κ1) is 23.0. The molecular formula is C25H24Cl2N6S. The number of halogens is 2. The van der Waals surface area contributed by atoms with Crippen molar-refractivity contribution in [3.05, 3.63) is 93.9 Å². The Balaban J connectivity index is 1.31. The van der Waals surface area contributed by atoms with E-state index in [4.69, 9.17) is 23.2 Å². The van der Waals surface area contributed by atoms with E-state index in [1.165, 1.54) is 10.9 Å². The molecule has 0 atom stereocenters. The number of nitrogens with one attached hydrogen (secondary N) is 2. The van der Waals surface area contributed by atoms with E-state index < -0.39 is 0 Å². The number of aromatic amines is 2. The summed E-state index contributed by atoms with van der Waals surface area (Å²) in [6, 6.07) is 14.1. The van der Waals surface area contributed by atoms with Crippen LogP contribution in [0.5, 0.6) is 0 Å². The second-order valence-electron chi connectivity index (χ2n) is 8.11. The zero-order valence-corrected chi connectivity index (χ0v) is 20.8. The molecule has 0 saturated carbocycles. The molecule has 0 spiro atoms. The fourth-order valence-corrected chi connectivity index (χ4v) is 5.29. The number of nitrogens with zero attached hydrogens (tertiary/aromatic N) is 4. The molecule has 0 fully saturated rings. The van der Waals surface area contributed by atoms with Crippen molar-refractivity contribution in [3.8, 4) is 0 Å². The first-order valence-electron chi connectivity index (χ1n) is 11.2. The van der Waals surface area contributed by atoms with E-state index in [0.717, 1.165) is 65.7 Å². The lowest BCUT2D eigenvalue weighted by molar-refractivity contribution is 0.566. The van der Waals surface area contributed by atoms with Crippen LogP contribution in [0.4, 0.5) is 0 Å². The average molecular weight is 511 g/mol. The van der Waals surface area contributed by atoms with Gasteiger partial charge in [0.2, 0.25) is 0 Å². The number of aromatic nitrogens is 6. The highest BCUT2D eigenvalue weighted by Crippen LogP contribution is 2.28. The lowest BCUT2D eigenvalue weighted by Crippen LogP contribution is -2.08.